The maximum atomic E-state index is 14.1. The Bertz CT molecular complexity index is 1950. The summed E-state index contributed by atoms with van der Waals surface area (Å²) in [5.41, 5.74) is 8.12. The predicted molar refractivity (Wildman–Crippen MR) is 217 cm³/mol. The molecule has 6 aromatic rings. The van der Waals surface area contributed by atoms with Gasteiger partial charge >= 0.3 is 5.97 Å². The van der Waals surface area contributed by atoms with E-state index in [1.165, 1.54) is 7.11 Å². The van der Waals surface area contributed by atoms with Crippen molar-refractivity contribution in [2.24, 2.45) is 5.92 Å². The Hall–Kier alpha value is -6.10. The molecule has 6 rings (SSSR count). The van der Waals surface area contributed by atoms with Gasteiger partial charge in [0.15, 0.2) is 0 Å². The molecule has 0 aliphatic heterocycles. The van der Waals surface area contributed by atoms with Gasteiger partial charge in [-0.15, -0.1) is 0 Å². The molecule has 0 unspecified atom stereocenters. The molecule has 0 fully saturated rings. The Morgan fingerprint density at radius 2 is 1.04 bits per heavy atom. The average molecular weight is 748 g/mol. The van der Waals surface area contributed by atoms with Crippen molar-refractivity contribution in [3.8, 4) is 11.1 Å². The Labute approximate surface area is 329 Å². The smallest absolute Gasteiger partial charge is 0.328 e. The quantitative estimate of drug-likeness (QED) is 0.0886. The zero-order valence-corrected chi connectivity index (χ0v) is 32.3. The van der Waals surface area contributed by atoms with Crippen molar-refractivity contribution in [2.75, 3.05) is 7.11 Å². The number of benzene rings is 2. The third kappa shape index (κ3) is 11.2. The highest BCUT2D eigenvalue weighted by Crippen LogP contribution is 2.29. The predicted octanol–water partition coefficient (Wildman–Crippen LogP) is 7.66. The topological polar surface area (TPSA) is 113 Å². The molecule has 0 aliphatic rings. The largest absolute Gasteiger partial charge is 0.467 e. The third-order valence-electron chi connectivity index (χ3n) is 9.75. The Kier molecular flexibility index (Phi) is 14.1. The standard InChI is InChI=1S/C46H49N7O3/c1-4-34(2)44(46(55)56-3)51-45(54)43-20-6-5-19-42(43)37-26-35(28-52(30-38-15-7-11-21-47-38)31-39-16-8-12-22-48-39)25-36(27-37)29-53(32-40-17-9-13-23-49-40)33-41-18-10-14-24-50-41/h5-27,34,44H,4,28-33H2,1-3H3,(H,51,54)/t34-,44-/m0/s1. The fourth-order valence-electron chi connectivity index (χ4n) is 6.78. The molecule has 10 heteroatoms. The van der Waals surface area contributed by atoms with Crippen molar-refractivity contribution < 1.29 is 14.3 Å². The first kappa shape index (κ1) is 39.6. The summed E-state index contributed by atoms with van der Waals surface area (Å²) in [4.78, 5) is 50.1. The van der Waals surface area contributed by atoms with Gasteiger partial charge in [-0.05, 0) is 94.9 Å². The van der Waals surface area contributed by atoms with Crippen LogP contribution in [0.15, 0.2) is 140 Å². The van der Waals surface area contributed by atoms with E-state index in [1.807, 2.05) is 136 Å². The molecule has 56 heavy (non-hydrogen) atoms. The molecule has 4 aromatic heterocycles. The molecule has 1 N–H and O–H groups in total. The number of rotatable bonds is 18. The molecule has 0 spiro atoms. The van der Waals surface area contributed by atoms with Crippen LogP contribution in [0.5, 0.6) is 0 Å². The summed E-state index contributed by atoms with van der Waals surface area (Å²) in [6, 6.07) is 37.2. The third-order valence-corrected chi connectivity index (χ3v) is 9.75. The minimum Gasteiger partial charge on any atom is -0.467 e. The van der Waals surface area contributed by atoms with E-state index in [4.69, 9.17) is 4.74 Å². The van der Waals surface area contributed by atoms with Crippen LogP contribution in [0.3, 0.4) is 0 Å². The van der Waals surface area contributed by atoms with Crippen molar-refractivity contribution in [2.45, 2.75) is 65.6 Å². The Morgan fingerprint density at radius 3 is 1.43 bits per heavy atom. The number of pyridine rings is 4. The summed E-state index contributed by atoms with van der Waals surface area (Å²) < 4.78 is 5.08. The van der Waals surface area contributed by atoms with Crippen LogP contribution in [0.1, 0.15) is 64.5 Å². The van der Waals surface area contributed by atoms with Crippen molar-refractivity contribution in [1.29, 1.82) is 0 Å². The lowest BCUT2D eigenvalue weighted by atomic mass is 9.94. The monoisotopic (exact) mass is 747 g/mol. The summed E-state index contributed by atoms with van der Waals surface area (Å²) in [6.45, 7) is 7.59. The van der Waals surface area contributed by atoms with E-state index in [2.05, 4.69) is 53.3 Å². The van der Waals surface area contributed by atoms with E-state index in [0.29, 0.717) is 51.3 Å². The number of amides is 1. The summed E-state index contributed by atoms with van der Waals surface area (Å²) in [5, 5.41) is 2.99. The molecule has 1 amide bonds. The molecule has 0 saturated heterocycles. The highest BCUT2D eigenvalue weighted by atomic mass is 16.5. The SMILES string of the molecule is CC[C@H](C)[C@H](NC(=O)c1ccccc1-c1cc(CN(Cc2ccccn2)Cc2ccccn2)cc(CN(Cc2ccccn2)Cc2ccccn2)c1)C(=O)OC. The number of hydrogen-bond acceptors (Lipinski definition) is 9. The first-order valence-corrected chi connectivity index (χ1v) is 19.0. The van der Waals surface area contributed by atoms with Gasteiger partial charge in [-0.25, -0.2) is 4.79 Å². The summed E-state index contributed by atoms with van der Waals surface area (Å²) >= 11 is 0. The van der Waals surface area contributed by atoms with Crippen LogP contribution in [0.25, 0.3) is 11.1 Å². The van der Waals surface area contributed by atoms with Crippen molar-refractivity contribution in [3.63, 3.8) is 0 Å². The van der Waals surface area contributed by atoms with Crippen LogP contribution in [-0.4, -0.2) is 54.8 Å². The van der Waals surface area contributed by atoms with Gasteiger partial charge in [-0.2, -0.15) is 0 Å². The molecule has 10 nitrogen and oxygen atoms in total. The number of ether oxygens (including phenoxy) is 1. The van der Waals surface area contributed by atoms with Crippen LogP contribution in [-0.2, 0) is 48.8 Å². The second-order valence-corrected chi connectivity index (χ2v) is 14.0. The molecular weight excluding hydrogens is 699 g/mol. The molecule has 0 radical (unpaired) electrons. The zero-order chi connectivity index (χ0) is 39.1. The number of hydrogen-bond donors (Lipinski definition) is 1. The van der Waals surface area contributed by atoms with Gasteiger partial charge in [0.1, 0.15) is 6.04 Å². The van der Waals surface area contributed by atoms with Gasteiger partial charge in [0.05, 0.1) is 29.9 Å². The van der Waals surface area contributed by atoms with E-state index in [-0.39, 0.29) is 11.8 Å². The maximum Gasteiger partial charge on any atom is 0.328 e. The first-order valence-electron chi connectivity index (χ1n) is 19.0. The van der Waals surface area contributed by atoms with Crippen LogP contribution in [0, 0.1) is 5.92 Å². The van der Waals surface area contributed by atoms with E-state index in [0.717, 1.165) is 45.0 Å². The second kappa shape index (κ2) is 20.0. The minimum atomic E-state index is -0.772. The van der Waals surface area contributed by atoms with Gasteiger partial charge in [-0.3, -0.25) is 34.5 Å². The molecule has 0 bridgehead atoms. The lowest BCUT2D eigenvalue weighted by Gasteiger charge is -2.25. The summed E-state index contributed by atoms with van der Waals surface area (Å²) in [5.74, 6) is -0.903. The fourth-order valence-corrected chi connectivity index (χ4v) is 6.78. The van der Waals surface area contributed by atoms with Gasteiger partial charge in [0.2, 0.25) is 0 Å². The summed E-state index contributed by atoms with van der Waals surface area (Å²) in [6.07, 6.45) is 7.98. The van der Waals surface area contributed by atoms with E-state index >= 15 is 0 Å². The maximum absolute atomic E-state index is 14.1. The molecule has 0 saturated carbocycles. The lowest BCUT2D eigenvalue weighted by Crippen LogP contribution is -2.45. The molecule has 4 heterocycles. The fraction of sp³-hybridized carbons (Fsp3) is 0.261. The normalized spacial score (nSPS) is 12.3. The number of nitrogens with zero attached hydrogens (tertiary/aromatic N) is 6. The number of methoxy groups -OCH3 is 1. The molecule has 0 aliphatic carbocycles. The van der Waals surface area contributed by atoms with Crippen LogP contribution < -0.4 is 5.32 Å². The first-order chi connectivity index (χ1) is 27.4. The van der Waals surface area contributed by atoms with Crippen LogP contribution in [0.4, 0.5) is 0 Å². The van der Waals surface area contributed by atoms with E-state index in [9.17, 15) is 9.59 Å². The van der Waals surface area contributed by atoms with Gasteiger partial charge in [0.25, 0.3) is 5.91 Å². The number of nitrogens with one attached hydrogen (secondary N) is 1. The van der Waals surface area contributed by atoms with Crippen molar-refractivity contribution in [1.82, 2.24) is 35.1 Å². The molecule has 2 atom stereocenters. The molecule has 286 valence electrons. The second-order valence-electron chi connectivity index (χ2n) is 14.0. The lowest BCUT2D eigenvalue weighted by molar-refractivity contribution is -0.144. The number of esters is 1. The van der Waals surface area contributed by atoms with Gasteiger partial charge in [-0.1, -0.05) is 68.8 Å². The zero-order valence-electron chi connectivity index (χ0n) is 32.3. The Balaban J connectivity index is 1.40. The number of aromatic nitrogens is 4. The summed E-state index contributed by atoms with van der Waals surface area (Å²) in [7, 11) is 1.35. The minimum absolute atomic E-state index is 0.109. The van der Waals surface area contributed by atoms with Crippen LogP contribution in [0.2, 0.25) is 0 Å². The van der Waals surface area contributed by atoms with E-state index in [1.54, 1.807) is 0 Å². The Morgan fingerprint density at radius 1 is 0.607 bits per heavy atom. The average Bonchev–Trinajstić information content (AvgIpc) is 3.23. The number of carbonyl (C=O) groups excluding carboxylic acids is 2. The molecular formula is C46H49N7O3. The van der Waals surface area contributed by atoms with Gasteiger partial charge < -0.3 is 10.1 Å². The van der Waals surface area contributed by atoms with Crippen LogP contribution >= 0.6 is 0 Å². The number of carbonyl (C=O) groups is 2. The van der Waals surface area contributed by atoms with Gasteiger partial charge in [0, 0.05) is 69.6 Å². The van der Waals surface area contributed by atoms with Crippen molar-refractivity contribution >= 4 is 11.9 Å². The highest BCUT2D eigenvalue weighted by Gasteiger charge is 2.28. The van der Waals surface area contributed by atoms with E-state index < -0.39 is 12.0 Å². The molecule has 2 aromatic carbocycles. The van der Waals surface area contributed by atoms with Crippen molar-refractivity contribution in [3.05, 3.63) is 180 Å². The highest BCUT2D eigenvalue weighted by molar-refractivity contribution is 6.02.